The number of hydrogen-bond acceptors (Lipinski definition) is 9. The summed E-state index contributed by atoms with van der Waals surface area (Å²) in [4.78, 5) is 25.8. The van der Waals surface area contributed by atoms with Gasteiger partial charge in [0.25, 0.3) is 5.56 Å². The number of fused-ring (bicyclic) bond motifs is 3. The summed E-state index contributed by atoms with van der Waals surface area (Å²) in [6, 6.07) is 1.58. The Bertz CT molecular complexity index is 1300. The third kappa shape index (κ3) is 3.01. The number of hydrogen-bond donors (Lipinski definition) is 3. The van der Waals surface area contributed by atoms with Crippen LogP contribution in [0.15, 0.2) is 35.0 Å². The van der Waals surface area contributed by atoms with Crippen molar-refractivity contribution in [2.45, 2.75) is 13.0 Å². The van der Waals surface area contributed by atoms with Crippen LogP contribution in [0.3, 0.4) is 0 Å². The van der Waals surface area contributed by atoms with Gasteiger partial charge in [-0.3, -0.25) is 4.79 Å². The highest BCUT2D eigenvalue weighted by Gasteiger charge is 2.18. The molecule has 0 amide bonds. The van der Waals surface area contributed by atoms with Gasteiger partial charge >= 0.3 is 0 Å². The van der Waals surface area contributed by atoms with Crippen LogP contribution in [0.4, 0.5) is 5.82 Å². The lowest BCUT2D eigenvalue weighted by Crippen LogP contribution is -2.25. The maximum Gasteiger partial charge on any atom is 0.291 e. The van der Waals surface area contributed by atoms with Gasteiger partial charge in [-0.1, -0.05) is 0 Å². The summed E-state index contributed by atoms with van der Waals surface area (Å²) in [5.41, 5.74) is 13.1. The normalized spacial score (nSPS) is 12.1. The Labute approximate surface area is 162 Å². The van der Waals surface area contributed by atoms with E-state index in [2.05, 4.69) is 20.1 Å². The first-order valence-corrected chi connectivity index (χ1v) is 9.16. The van der Waals surface area contributed by atoms with Crippen LogP contribution in [0.1, 0.15) is 10.8 Å². The van der Waals surface area contributed by atoms with Gasteiger partial charge in [0.05, 0.1) is 10.9 Å². The number of aryl methyl sites for hydroxylation is 1. The van der Waals surface area contributed by atoms with Gasteiger partial charge in [-0.05, 0) is 12.1 Å². The predicted octanol–water partition coefficient (Wildman–Crippen LogP) is 0.800. The molecule has 0 aliphatic rings. The van der Waals surface area contributed by atoms with Crippen molar-refractivity contribution in [3.05, 3.63) is 51.4 Å². The van der Waals surface area contributed by atoms with E-state index in [0.29, 0.717) is 34.9 Å². The van der Waals surface area contributed by atoms with E-state index >= 15 is 0 Å². The molecular formula is C17H17N9OS. The molecule has 10 nitrogen and oxygen atoms in total. The molecule has 0 saturated carbocycles. The van der Waals surface area contributed by atoms with E-state index in [4.69, 9.17) is 16.9 Å². The molecule has 0 radical (unpaired) electrons. The number of nitrogens with one attached hydrogen (secondary N) is 1. The number of nitrogens with two attached hydrogens (primary N) is 2. The lowest BCUT2D eigenvalue weighted by atomic mass is 10.3. The van der Waals surface area contributed by atoms with E-state index < -0.39 is 0 Å². The molecule has 142 valence electrons. The molecule has 4 heterocycles. The highest BCUT2D eigenvalue weighted by Crippen LogP contribution is 2.31. The molecule has 4 aromatic rings. The Morgan fingerprint density at radius 3 is 2.96 bits per heavy atom. The fourth-order valence-corrected chi connectivity index (χ4v) is 4.13. The number of nitrogens with zero attached hydrogens (tertiary/aromatic N) is 6. The van der Waals surface area contributed by atoms with Crippen molar-refractivity contribution in [2.24, 2.45) is 12.8 Å². The minimum absolute atomic E-state index is 0.127. The molecule has 0 bridgehead atoms. The van der Waals surface area contributed by atoms with Crippen LogP contribution in [0.2, 0.25) is 0 Å². The van der Waals surface area contributed by atoms with Crippen LogP contribution in [-0.4, -0.2) is 35.5 Å². The summed E-state index contributed by atoms with van der Waals surface area (Å²) in [7, 11) is 1.80. The first-order chi connectivity index (χ1) is 13.5. The van der Waals surface area contributed by atoms with Gasteiger partial charge in [0.15, 0.2) is 11.5 Å². The first-order valence-electron chi connectivity index (χ1n) is 8.34. The van der Waals surface area contributed by atoms with Gasteiger partial charge in [0, 0.05) is 37.0 Å². The van der Waals surface area contributed by atoms with E-state index in [0.717, 1.165) is 21.3 Å². The van der Waals surface area contributed by atoms with Gasteiger partial charge in [-0.2, -0.15) is 5.10 Å². The van der Waals surface area contributed by atoms with Crippen molar-refractivity contribution in [1.29, 1.82) is 5.41 Å². The standard InChI is InChI=1S/C17H17N9OS/c1-25-14-10(15-16(25)24-13(28-15)6-9(19)2-4-18)7-22-26(17(14)27)8-12-21-5-3-11(20)23-12/h2-5,7,18H,6,8,19H2,1H3,(H2,20,21,23). The summed E-state index contributed by atoms with van der Waals surface area (Å²) in [6.45, 7) is 0.127. The average molecular weight is 395 g/mol. The summed E-state index contributed by atoms with van der Waals surface area (Å²) in [5, 5.41) is 12.9. The number of aromatic nitrogens is 6. The van der Waals surface area contributed by atoms with Crippen LogP contribution < -0.4 is 17.0 Å². The van der Waals surface area contributed by atoms with E-state index in [1.54, 1.807) is 30.1 Å². The predicted molar refractivity (Wildman–Crippen MR) is 108 cm³/mol. The second-order valence-electron chi connectivity index (χ2n) is 6.17. The third-order valence-corrected chi connectivity index (χ3v) is 5.32. The van der Waals surface area contributed by atoms with Crippen molar-refractivity contribution in [3.8, 4) is 0 Å². The number of nitrogen functional groups attached to an aromatic ring is 1. The minimum atomic E-state index is -0.249. The summed E-state index contributed by atoms with van der Waals surface area (Å²) < 4.78 is 3.96. The third-order valence-electron chi connectivity index (χ3n) is 4.24. The quantitative estimate of drug-likeness (QED) is 0.422. The van der Waals surface area contributed by atoms with Crippen molar-refractivity contribution >= 4 is 44.6 Å². The highest BCUT2D eigenvalue weighted by molar-refractivity contribution is 7.19. The second-order valence-corrected chi connectivity index (χ2v) is 7.26. The highest BCUT2D eigenvalue weighted by atomic mass is 32.1. The Morgan fingerprint density at radius 2 is 2.21 bits per heavy atom. The monoisotopic (exact) mass is 395 g/mol. The molecule has 0 aliphatic heterocycles. The van der Waals surface area contributed by atoms with Crippen LogP contribution in [0.25, 0.3) is 21.3 Å². The molecule has 4 rings (SSSR count). The zero-order chi connectivity index (χ0) is 19.8. The number of anilines is 1. The summed E-state index contributed by atoms with van der Waals surface area (Å²) in [5.74, 6) is 0.755. The van der Waals surface area contributed by atoms with Crippen molar-refractivity contribution in [3.63, 3.8) is 0 Å². The van der Waals surface area contributed by atoms with Gasteiger partial charge in [-0.25, -0.2) is 19.6 Å². The van der Waals surface area contributed by atoms with Gasteiger partial charge in [0.2, 0.25) is 0 Å². The maximum atomic E-state index is 13.0. The zero-order valence-electron chi connectivity index (χ0n) is 15.0. The van der Waals surface area contributed by atoms with Crippen molar-refractivity contribution in [2.75, 3.05) is 5.73 Å². The Hall–Kier alpha value is -3.60. The molecule has 0 saturated heterocycles. The van der Waals surface area contributed by atoms with E-state index in [9.17, 15) is 4.79 Å². The molecule has 0 spiro atoms. The first kappa shape index (κ1) is 17.8. The van der Waals surface area contributed by atoms with Gasteiger partial charge in [0.1, 0.15) is 22.9 Å². The van der Waals surface area contributed by atoms with Gasteiger partial charge in [-0.15, -0.1) is 11.3 Å². The summed E-state index contributed by atoms with van der Waals surface area (Å²) in [6.07, 6.45) is 6.33. The Balaban J connectivity index is 1.78. The molecule has 5 N–H and O–H groups in total. The van der Waals surface area contributed by atoms with Gasteiger partial charge < -0.3 is 21.4 Å². The maximum absolute atomic E-state index is 13.0. The van der Waals surface area contributed by atoms with Crippen LogP contribution >= 0.6 is 11.3 Å². The van der Waals surface area contributed by atoms with Crippen LogP contribution in [0.5, 0.6) is 0 Å². The van der Waals surface area contributed by atoms with Crippen molar-refractivity contribution in [1.82, 2.24) is 29.3 Å². The van der Waals surface area contributed by atoms with E-state index in [1.165, 1.54) is 22.1 Å². The zero-order valence-corrected chi connectivity index (χ0v) is 15.8. The largest absolute Gasteiger partial charge is 0.402 e. The smallest absolute Gasteiger partial charge is 0.291 e. The molecule has 4 aromatic heterocycles. The summed E-state index contributed by atoms with van der Waals surface area (Å²) >= 11 is 1.47. The fraction of sp³-hybridized carbons (Fsp3) is 0.176. The lowest BCUT2D eigenvalue weighted by molar-refractivity contribution is 0.619. The Morgan fingerprint density at radius 1 is 1.39 bits per heavy atom. The molecular weight excluding hydrogens is 378 g/mol. The molecule has 0 aliphatic carbocycles. The van der Waals surface area contributed by atoms with Crippen LogP contribution in [0, 0.1) is 5.41 Å². The van der Waals surface area contributed by atoms with E-state index in [1.807, 2.05) is 0 Å². The molecule has 11 heteroatoms. The number of rotatable bonds is 5. The SMILES string of the molecule is Cn1c2nc(CC(N)=CC=N)sc2c2cnn(Cc3nccc(N)n3)c(=O)c21. The van der Waals surface area contributed by atoms with Crippen LogP contribution in [-0.2, 0) is 20.0 Å². The topological polar surface area (TPSA) is 154 Å². The number of thiazole rings is 1. The lowest BCUT2D eigenvalue weighted by Gasteiger charge is -2.05. The Kier molecular flexibility index (Phi) is 4.35. The molecule has 0 fully saturated rings. The minimum Gasteiger partial charge on any atom is -0.402 e. The second kappa shape index (κ2) is 6.85. The molecule has 0 unspecified atom stereocenters. The number of allylic oxidation sites excluding steroid dienone is 2. The fourth-order valence-electron chi connectivity index (χ4n) is 2.99. The molecule has 0 atom stereocenters. The average Bonchev–Trinajstić information content (AvgIpc) is 3.16. The van der Waals surface area contributed by atoms with E-state index in [-0.39, 0.29) is 12.1 Å². The molecule has 28 heavy (non-hydrogen) atoms. The molecule has 0 aromatic carbocycles. The van der Waals surface area contributed by atoms with Crippen molar-refractivity contribution < 1.29 is 0 Å².